The van der Waals surface area contributed by atoms with Crippen molar-refractivity contribution in [3.8, 4) is 22.9 Å². The Hall–Kier alpha value is -4.26. The zero-order valence-corrected chi connectivity index (χ0v) is 25.4. The minimum Gasteiger partial charge on any atom is -0.493 e. The van der Waals surface area contributed by atoms with Crippen LogP contribution in [-0.2, 0) is 16.1 Å². The SMILES string of the molecule is COC(=O)[C@@H](C)Oc1c(I)cc(/C=N/NC(=O)c2ccc(COc3ccc(-n4c(C)ccc4C)cc3)o2)cc1OC. The Bertz CT molecular complexity index is 1540. The standard InChI is InChI=1S/C30H30IN3O7/c1-18-6-7-19(2)34(18)22-8-10-23(11-9-22)39-17-24-12-13-26(41-24)29(35)33-32-16-21-14-25(31)28(27(15-21)37-4)40-20(3)30(36)38-5/h6-16,20H,17H2,1-5H3,(H,33,35)/b32-16+/t20-/m1/s1. The first-order valence-corrected chi connectivity index (χ1v) is 13.7. The zero-order valence-electron chi connectivity index (χ0n) is 23.3. The zero-order chi connectivity index (χ0) is 29.5. The van der Waals surface area contributed by atoms with E-state index < -0.39 is 18.0 Å². The van der Waals surface area contributed by atoms with E-state index >= 15 is 0 Å². The summed E-state index contributed by atoms with van der Waals surface area (Å²) >= 11 is 2.07. The average Bonchev–Trinajstić information content (AvgIpc) is 3.58. The quantitative estimate of drug-likeness (QED) is 0.0959. The van der Waals surface area contributed by atoms with Gasteiger partial charge in [0.05, 0.1) is 24.0 Å². The van der Waals surface area contributed by atoms with E-state index in [0.29, 0.717) is 32.1 Å². The molecule has 11 heteroatoms. The monoisotopic (exact) mass is 671 g/mol. The van der Waals surface area contributed by atoms with Gasteiger partial charge in [-0.15, -0.1) is 0 Å². The normalized spacial score (nSPS) is 11.8. The smallest absolute Gasteiger partial charge is 0.346 e. The fourth-order valence-corrected chi connectivity index (χ4v) is 4.79. The number of rotatable bonds is 11. The lowest BCUT2D eigenvalue weighted by molar-refractivity contribution is -0.148. The number of hydrazone groups is 1. The largest absolute Gasteiger partial charge is 0.493 e. The first-order valence-electron chi connectivity index (χ1n) is 12.6. The lowest BCUT2D eigenvalue weighted by Crippen LogP contribution is -2.25. The van der Waals surface area contributed by atoms with Gasteiger partial charge in [-0.1, -0.05) is 0 Å². The molecule has 1 atom stereocenters. The second kappa shape index (κ2) is 13.4. The summed E-state index contributed by atoms with van der Waals surface area (Å²) in [6.45, 7) is 5.88. The molecule has 1 N–H and O–H groups in total. The molecule has 4 rings (SSSR count). The van der Waals surface area contributed by atoms with E-state index in [4.69, 9.17) is 23.4 Å². The molecule has 2 heterocycles. The minimum absolute atomic E-state index is 0.0994. The van der Waals surface area contributed by atoms with Crippen molar-refractivity contribution in [1.82, 2.24) is 9.99 Å². The lowest BCUT2D eigenvalue weighted by atomic mass is 10.2. The fraction of sp³-hybridized carbons (Fsp3) is 0.233. The number of benzene rings is 2. The fourth-order valence-electron chi connectivity index (χ4n) is 4.04. The summed E-state index contributed by atoms with van der Waals surface area (Å²) in [4.78, 5) is 24.3. The highest BCUT2D eigenvalue weighted by Crippen LogP contribution is 2.34. The number of nitrogens with one attached hydrogen (secondary N) is 1. The predicted octanol–water partition coefficient (Wildman–Crippen LogP) is 5.58. The molecule has 41 heavy (non-hydrogen) atoms. The van der Waals surface area contributed by atoms with Crippen LogP contribution in [0, 0.1) is 17.4 Å². The van der Waals surface area contributed by atoms with Gasteiger partial charge in [0.25, 0.3) is 0 Å². The number of esters is 1. The van der Waals surface area contributed by atoms with E-state index in [1.165, 1.54) is 20.4 Å². The van der Waals surface area contributed by atoms with E-state index in [1.807, 2.05) is 24.3 Å². The van der Waals surface area contributed by atoms with Crippen molar-refractivity contribution in [2.75, 3.05) is 14.2 Å². The molecule has 2 aromatic carbocycles. The highest BCUT2D eigenvalue weighted by Gasteiger charge is 2.20. The van der Waals surface area contributed by atoms with Crippen LogP contribution in [-0.4, -0.2) is 43.0 Å². The Kier molecular flexibility index (Phi) is 9.71. The van der Waals surface area contributed by atoms with Crippen molar-refractivity contribution < 1.29 is 33.0 Å². The molecule has 2 aromatic heterocycles. The number of methoxy groups -OCH3 is 2. The van der Waals surface area contributed by atoms with Gasteiger partial charge in [0, 0.05) is 17.1 Å². The third kappa shape index (κ3) is 7.28. The Labute approximate surface area is 251 Å². The van der Waals surface area contributed by atoms with E-state index in [9.17, 15) is 9.59 Å². The van der Waals surface area contributed by atoms with Gasteiger partial charge < -0.3 is 27.9 Å². The van der Waals surface area contributed by atoms with Crippen LogP contribution in [0.1, 0.15) is 40.2 Å². The maximum atomic E-state index is 12.5. The summed E-state index contributed by atoms with van der Waals surface area (Å²) in [7, 11) is 2.78. The van der Waals surface area contributed by atoms with Crippen LogP contribution < -0.4 is 19.6 Å². The summed E-state index contributed by atoms with van der Waals surface area (Å²) in [5, 5.41) is 4.02. The Balaban J connectivity index is 1.32. The van der Waals surface area contributed by atoms with Gasteiger partial charge in [-0.05, 0) is 110 Å². The highest BCUT2D eigenvalue weighted by atomic mass is 127. The first kappa shape index (κ1) is 29.7. The number of ether oxygens (including phenoxy) is 4. The van der Waals surface area contributed by atoms with Crippen LogP contribution in [0.2, 0.25) is 0 Å². The van der Waals surface area contributed by atoms with Crippen molar-refractivity contribution in [2.45, 2.75) is 33.5 Å². The van der Waals surface area contributed by atoms with Gasteiger partial charge in [0.15, 0.2) is 23.4 Å². The molecule has 0 fully saturated rings. The molecule has 214 valence electrons. The molecule has 0 spiro atoms. The van der Waals surface area contributed by atoms with Gasteiger partial charge in [-0.25, -0.2) is 10.2 Å². The molecule has 0 aliphatic heterocycles. The highest BCUT2D eigenvalue weighted by molar-refractivity contribution is 14.1. The van der Waals surface area contributed by atoms with Crippen LogP contribution >= 0.6 is 22.6 Å². The number of halogens is 1. The molecule has 0 saturated heterocycles. The van der Waals surface area contributed by atoms with E-state index in [-0.39, 0.29) is 12.4 Å². The van der Waals surface area contributed by atoms with Crippen LogP contribution in [0.15, 0.2) is 70.2 Å². The topological polar surface area (TPSA) is 114 Å². The van der Waals surface area contributed by atoms with Gasteiger partial charge >= 0.3 is 11.9 Å². The molecule has 0 bridgehead atoms. The van der Waals surface area contributed by atoms with Gasteiger partial charge in [0.1, 0.15) is 18.1 Å². The summed E-state index contributed by atoms with van der Waals surface area (Å²) < 4.78 is 30.1. The molecular weight excluding hydrogens is 641 g/mol. The van der Waals surface area contributed by atoms with Crippen molar-refractivity contribution in [3.05, 3.63) is 92.7 Å². The number of hydrogen-bond acceptors (Lipinski definition) is 8. The van der Waals surface area contributed by atoms with Gasteiger partial charge in [0.2, 0.25) is 0 Å². The molecule has 0 radical (unpaired) electrons. The predicted molar refractivity (Wildman–Crippen MR) is 161 cm³/mol. The molecule has 0 saturated carbocycles. The first-order chi connectivity index (χ1) is 19.7. The molecule has 4 aromatic rings. The molecular formula is C30H30IN3O7. The van der Waals surface area contributed by atoms with Crippen molar-refractivity contribution in [2.24, 2.45) is 5.10 Å². The number of hydrogen-bond donors (Lipinski definition) is 1. The summed E-state index contributed by atoms with van der Waals surface area (Å²) in [6.07, 6.45) is 0.651. The Morgan fingerprint density at radius 2 is 1.76 bits per heavy atom. The average molecular weight is 671 g/mol. The molecule has 0 unspecified atom stereocenters. The number of furan rings is 1. The summed E-state index contributed by atoms with van der Waals surface area (Å²) in [5.41, 5.74) is 6.46. The molecule has 0 aliphatic carbocycles. The summed E-state index contributed by atoms with van der Waals surface area (Å²) in [6, 6.07) is 18.6. The van der Waals surface area contributed by atoms with E-state index in [1.54, 1.807) is 31.2 Å². The number of amides is 1. The Morgan fingerprint density at radius 3 is 2.41 bits per heavy atom. The second-order valence-corrected chi connectivity index (χ2v) is 10.2. The van der Waals surface area contributed by atoms with Gasteiger partial charge in [-0.2, -0.15) is 5.10 Å². The van der Waals surface area contributed by atoms with E-state index in [2.05, 4.69) is 63.7 Å². The summed E-state index contributed by atoms with van der Waals surface area (Å²) in [5.74, 6) is 1.07. The van der Waals surface area contributed by atoms with Crippen molar-refractivity contribution in [1.29, 1.82) is 0 Å². The maximum Gasteiger partial charge on any atom is 0.346 e. The third-order valence-corrected chi connectivity index (χ3v) is 6.89. The number of aromatic nitrogens is 1. The number of nitrogens with zero attached hydrogens (tertiary/aromatic N) is 2. The molecule has 1 amide bonds. The van der Waals surface area contributed by atoms with Crippen molar-refractivity contribution >= 4 is 40.7 Å². The lowest BCUT2D eigenvalue weighted by Gasteiger charge is -2.17. The van der Waals surface area contributed by atoms with Crippen LogP contribution in [0.4, 0.5) is 0 Å². The van der Waals surface area contributed by atoms with Crippen LogP contribution in [0.25, 0.3) is 5.69 Å². The number of carbonyl (C=O) groups excluding carboxylic acids is 2. The van der Waals surface area contributed by atoms with Gasteiger partial charge in [-0.3, -0.25) is 4.79 Å². The van der Waals surface area contributed by atoms with E-state index in [0.717, 1.165) is 17.1 Å². The second-order valence-electron chi connectivity index (χ2n) is 9.02. The molecule has 10 nitrogen and oxygen atoms in total. The van der Waals surface area contributed by atoms with Crippen LogP contribution in [0.3, 0.4) is 0 Å². The van der Waals surface area contributed by atoms with Crippen LogP contribution in [0.5, 0.6) is 17.2 Å². The number of carbonyl (C=O) groups is 2. The third-order valence-electron chi connectivity index (χ3n) is 6.09. The molecule has 0 aliphatic rings. The minimum atomic E-state index is -0.811. The maximum absolute atomic E-state index is 12.5. The Morgan fingerprint density at radius 1 is 1.05 bits per heavy atom. The number of aryl methyl sites for hydroxylation is 2. The van der Waals surface area contributed by atoms with Crippen molar-refractivity contribution in [3.63, 3.8) is 0 Å².